The van der Waals surface area contributed by atoms with Gasteiger partial charge in [-0.25, -0.2) is 0 Å². The van der Waals surface area contributed by atoms with Crippen LogP contribution >= 0.6 is 0 Å². The van der Waals surface area contributed by atoms with E-state index in [0.717, 1.165) is 6.42 Å². The van der Waals surface area contributed by atoms with Crippen LogP contribution in [-0.4, -0.2) is 18.9 Å². The minimum Gasteiger partial charge on any atom is -0.396 e. The summed E-state index contributed by atoms with van der Waals surface area (Å²) in [6, 6.07) is 0. The van der Waals surface area contributed by atoms with Crippen LogP contribution in [0, 0.1) is 0 Å². The topological polar surface area (TPSA) is 20.2 Å². The van der Waals surface area contributed by atoms with Gasteiger partial charge in [-0.05, 0) is 6.42 Å². The van der Waals surface area contributed by atoms with Crippen LogP contribution in [0.1, 0.15) is 6.42 Å². The van der Waals surface area contributed by atoms with Crippen LogP contribution < -0.4 is 0 Å². The van der Waals surface area contributed by atoms with Gasteiger partial charge in [0.25, 0.3) is 0 Å². The Hall–Kier alpha value is -0.0831. The van der Waals surface area contributed by atoms with Gasteiger partial charge in [-0.2, -0.15) is 0 Å². The summed E-state index contributed by atoms with van der Waals surface area (Å²) in [4.78, 5) is 0. The number of rotatable bonds is 3. The van der Waals surface area contributed by atoms with E-state index in [0.29, 0.717) is 0 Å². The smallest absolute Gasteiger partial charge is 0.0785 e. The average Bonchev–Trinajstić information content (AvgIpc) is 1.64. The maximum absolute atomic E-state index is 9.38. The third-order valence-electron chi connectivity index (χ3n) is 1.39. The van der Waals surface area contributed by atoms with E-state index in [4.69, 9.17) is 0 Å². The highest BCUT2D eigenvalue weighted by Crippen LogP contribution is 2.10. The number of aliphatic hydroxyl groups excluding tert-OH is 1. The summed E-state index contributed by atoms with van der Waals surface area (Å²) in [5.74, 6) is 0. The second kappa shape index (κ2) is 3.18. The molecule has 2 heteroatoms. The van der Waals surface area contributed by atoms with Crippen molar-refractivity contribution < 1.29 is 5.11 Å². The third-order valence-corrected chi connectivity index (χ3v) is 3.62. The molecular formula is C7H16OSi. The molecule has 0 spiro atoms. The lowest BCUT2D eigenvalue weighted by Crippen LogP contribution is -2.37. The standard InChI is InChI=1S/C7H16OSi/c1-5-6-7(8)9(2,3)4/h5,7-8H,1,6H2,2-4H3/t7-/m0/s1. The quantitative estimate of drug-likeness (QED) is 0.473. The Morgan fingerprint density at radius 2 is 2.00 bits per heavy atom. The summed E-state index contributed by atoms with van der Waals surface area (Å²) in [5.41, 5.74) is -0.116. The van der Waals surface area contributed by atoms with Crippen LogP contribution in [0.3, 0.4) is 0 Å². The molecule has 0 aromatic carbocycles. The predicted molar refractivity (Wildman–Crippen MR) is 44.2 cm³/mol. The van der Waals surface area contributed by atoms with Crippen molar-refractivity contribution in [1.29, 1.82) is 0 Å². The highest BCUT2D eigenvalue weighted by atomic mass is 28.3. The van der Waals surface area contributed by atoms with Crippen LogP contribution in [0.25, 0.3) is 0 Å². The van der Waals surface area contributed by atoms with Gasteiger partial charge in [0.2, 0.25) is 0 Å². The molecule has 0 unspecified atom stereocenters. The minimum absolute atomic E-state index is 0.116. The molecule has 0 fully saturated rings. The first-order chi connectivity index (χ1) is 3.98. The number of aliphatic hydroxyl groups is 1. The molecule has 0 heterocycles. The van der Waals surface area contributed by atoms with E-state index in [1.807, 2.05) is 0 Å². The summed E-state index contributed by atoms with van der Waals surface area (Å²) in [6.45, 7) is 10.0. The Kier molecular flexibility index (Phi) is 3.15. The van der Waals surface area contributed by atoms with Crippen LogP contribution in [-0.2, 0) is 0 Å². The summed E-state index contributed by atoms with van der Waals surface area (Å²) < 4.78 is 0. The Labute approximate surface area is 58.4 Å². The molecule has 0 saturated heterocycles. The lowest BCUT2D eigenvalue weighted by atomic mass is 10.4. The fourth-order valence-corrected chi connectivity index (χ4v) is 1.39. The minimum atomic E-state index is -1.30. The lowest BCUT2D eigenvalue weighted by Gasteiger charge is -2.21. The molecule has 0 aliphatic carbocycles. The first-order valence-corrected chi connectivity index (χ1v) is 6.85. The number of hydrogen-bond donors (Lipinski definition) is 1. The van der Waals surface area contributed by atoms with Gasteiger partial charge < -0.3 is 5.11 Å². The highest BCUT2D eigenvalue weighted by Gasteiger charge is 2.22. The molecule has 0 radical (unpaired) electrons. The van der Waals surface area contributed by atoms with E-state index in [-0.39, 0.29) is 5.73 Å². The molecule has 0 rings (SSSR count). The zero-order chi connectivity index (χ0) is 7.49. The first-order valence-electron chi connectivity index (χ1n) is 3.27. The molecule has 0 amide bonds. The van der Waals surface area contributed by atoms with Gasteiger partial charge in [-0.15, -0.1) is 6.58 Å². The van der Waals surface area contributed by atoms with Gasteiger partial charge in [-0.1, -0.05) is 25.7 Å². The molecule has 1 N–H and O–H groups in total. The van der Waals surface area contributed by atoms with Crippen molar-refractivity contribution >= 4 is 8.07 Å². The third kappa shape index (κ3) is 3.49. The summed E-state index contributed by atoms with van der Waals surface area (Å²) in [7, 11) is -1.30. The Morgan fingerprint density at radius 3 is 2.11 bits per heavy atom. The molecule has 0 aliphatic heterocycles. The maximum atomic E-state index is 9.38. The van der Waals surface area contributed by atoms with Crippen molar-refractivity contribution in [2.75, 3.05) is 0 Å². The van der Waals surface area contributed by atoms with Gasteiger partial charge in [0.05, 0.1) is 8.07 Å². The normalized spacial score (nSPS) is 15.1. The largest absolute Gasteiger partial charge is 0.396 e. The molecule has 1 atom stereocenters. The Balaban J connectivity index is 3.72. The van der Waals surface area contributed by atoms with E-state index < -0.39 is 8.07 Å². The van der Waals surface area contributed by atoms with Crippen LogP contribution in [0.4, 0.5) is 0 Å². The van der Waals surface area contributed by atoms with Crippen molar-refractivity contribution in [3.05, 3.63) is 12.7 Å². The summed E-state index contributed by atoms with van der Waals surface area (Å²) in [5, 5.41) is 9.38. The second-order valence-electron chi connectivity index (χ2n) is 3.41. The van der Waals surface area contributed by atoms with Crippen LogP contribution in [0.15, 0.2) is 12.7 Å². The molecule has 0 saturated carbocycles. The van der Waals surface area contributed by atoms with Crippen LogP contribution in [0.2, 0.25) is 19.6 Å². The molecule has 0 aromatic heterocycles. The van der Waals surface area contributed by atoms with Crippen molar-refractivity contribution in [2.24, 2.45) is 0 Å². The first kappa shape index (κ1) is 8.92. The van der Waals surface area contributed by atoms with E-state index in [1.165, 1.54) is 0 Å². The molecule has 1 nitrogen and oxygen atoms in total. The fourth-order valence-electron chi connectivity index (χ4n) is 0.511. The second-order valence-corrected chi connectivity index (χ2v) is 8.80. The molecule has 0 bridgehead atoms. The zero-order valence-electron chi connectivity index (χ0n) is 6.52. The maximum Gasteiger partial charge on any atom is 0.0785 e. The van der Waals surface area contributed by atoms with Gasteiger partial charge in [0.15, 0.2) is 0 Å². The van der Waals surface area contributed by atoms with Crippen LogP contribution in [0.5, 0.6) is 0 Å². The van der Waals surface area contributed by atoms with Crippen molar-refractivity contribution in [3.63, 3.8) is 0 Å². The molecule has 54 valence electrons. The lowest BCUT2D eigenvalue weighted by molar-refractivity contribution is 0.247. The van der Waals surface area contributed by atoms with E-state index in [1.54, 1.807) is 6.08 Å². The van der Waals surface area contributed by atoms with Gasteiger partial charge in [0, 0.05) is 5.73 Å². The summed E-state index contributed by atoms with van der Waals surface area (Å²) >= 11 is 0. The van der Waals surface area contributed by atoms with E-state index in [2.05, 4.69) is 26.2 Å². The number of hydrogen-bond acceptors (Lipinski definition) is 1. The van der Waals surface area contributed by atoms with E-state index >= 15 is 0 Å². The van der Waals surface area contributed by atoms with Gasteiger partial charge in [-0.3, -0.25) is 0 Å². The Bertz CT molecular complexity index is 93.6. The van der Waals surface area contributed by atoms with Crippen molar-refractivity contribution in [3.8, 4) is 0 Å². The predicted octanol–water partition coefficient (Wildman–Crippen LogP) is 1.80. The SMILES string of the molecule is C=CC[C@@H](O)[Si](C)(C)C. The van der Waals surface area contributed by atoms with Gasteiger partial charge in [0.1, 0.15) is 0 Å². The molecule has 0 aromatic rings. The monoisotopic (exact) mass is 144 g/mol. The Morgan fingerprint density at radius 1 is 1.56 bits per heavy atom. The van der Waals surface area contributed by atoms with Gasteiger partial charge >= 0.3 is 0 Å². The zero-order valence-corrected chi connectivity index (χ0v) is 7.52. The molecular weight excluding hydrogens is 128 g/mol. The average molecular weight is 144 g/mol. The fraction of sp³-hybridized carbons (Fsp3) is 0.714. The van der Waals surface area contributed by atoms with Crippen molar-refractivity contribution in [1.82, 2.24) is 0 Å². The molecule has 0 aliphatic rings. The molecule has 9 heavy (non-hydrogen) atoms. The highest BCUT2D eigenvalue weighted by molar-refractivity contribution is 6.77. The van der Waals surface area contributed by atoms with E-state index in [9.17, 15) is 5.11 Å². The van der Waals surface area contributed by atoms with Crippen molar-refractivity contribution in [2.45, 2.75) is 31.8 Å². The summed E-state index contributed by atoms with van der Waals surface area (Å²) in [6.07, 6.45) is 2.53.